The lowest BCUT2D eigenvalue weighted by Crippen LogP contribution is -2.19. The zero-order valence-corrected chi connectivity index (χ0v) is 13.8. The summed E-state index contributed by atoms with van der Waals surface area (Å²) in [6.45, 7) is 1.46. The van der Waals surface area contributed by atoms with Crippen molar-refractivity contribution in [2.45, 2.75) is 6.92 Å². The lowest BCUT2D eigenvalue weighted by molar-refractivity contribution is -0.385. The van der Waals surface area contributed by atoms with E-state index in [9.17, 15) is 25.0 Å². The lowest BCUT2D eigenvalue weighted by atomic mass is 10.1. The van der Waals surface area contributed by atoms with Crippen LogP contribution in [0.3, 0.4) is 0 Å². The number of carbonyl (C=O) groups excluding carboxylic acids is 1. The minimum absolute atomic E-state index is 0.100. The van der Waals surface area contributed by atoms with Crippen LogP contribution in [-0.2, 0) is 0 Å². The summed E-state index contributed by atoms with van der Waals surface area (Å²) in [4.78, 5) is 32.9. The van der Waals surface area contributed by atoms with Gasteiger partial charge in [-0.25, -0.2) is 5.43 Å². The fraction of sp³-hybridized carbons (Fsp3) is 0.125. The molecule has 1 amide bonds. The van der Waals surface area contributed by atoms with E-state index >= 15 is 0 Å². The molecule has 0 aromatic heterocycles. The molecule has 0 aliphatic heterocycles. The van der Waals surface area contributed by atoms with Crippen LogP contribution in [0.4, 0.5) is 11.4 Å². The molecule has 1 N–H and O–H groups in total. The number of carbonyl (C=O) groups is 1. The highest BCUT2D eigenvalue weighted by Gasteiger charge is 2.18. The van der Waals surface area contributed by atoms with Crippen LogP contribution in [0.2, 0.25) is 0 Å². The summed E-state index contributed by atoms with van der Waals surface area (Å²) in [7, 11) is 1.32. The zero-order chi connectivity index (χ0) is 19.3. The second kappa shape index (κ2) is 7.83. The van der Waals surface area contributed by atoms with Gasteiger partial charge in [0.05, 0.1) is 28.7 Å². The van der Waals surface area contributed by atoms with Crippen molar-refractivity contribution in [3.8, 4) is 5.75 Å². The third kappa shape index (κ3) is 3.98. The lowest BCUT2D eigenvalue weighted by Gasteiger charge is -2.05. The molecule has 0 aliphatic carbocycles. The highest BCUT2D eigenvalue weighted by atomic mass is 16.6. The van der Waals surface area contributed by atoms with Crippen LogP contribution in [0, 0.1) is 27.2 Å². The highest BCUT2D eigenvalue weighted by Crippen LogP contribution is 2.26. The first-order valence-electron chi connectivity index (χ1n) is 7.25. The summed E-state index contributed by atoms with van der Waals surface area (Å²) < 4.78 is 4.89. The van der Waals surface area contributed by atoms with E-state index in [0.717, 1.165) is 0 Å². The topological polar surface area (TPSA) is 137 Å². The normalized spacial score (nSPS) is 10.5. The average Bonchev–Trinajstić information content (AvgIpc) is 2.61. The second-order valence-electron chi connectivity index (χ2n) is 5.09. The number of nitrogens with zero attached hydrogens (tertiary/aromatic N) is 3. The van der Waals surface area contributed by atoms with E-state index in [1.165, 1.54) is 56.6 Å². The van der Waals surface area contributed by atoms with Gasteiger partial charge in [-0.1, -0.05) is 6.07 Å². The molecular formula is C16H14N4O6. The van der Waals surface area contributed by atoms with Crippen molar-refractivity contribution in [2.75, 3.05) is 7.11 Å². The number of hydrogen-bond acceptors (Lipinski definition) is 7. The van der Waals surface area contributed by atoms with E-state index in [4.69, 9.17) is 4.74 Å². The Labute approximate surface area is 147 Å². The number of nitrogens with one attached hydrogen (secondary N) is 1. The quantitative estimate of drug-likeness (QED) is 0.478. The minimum Gasteiger partial charge on any atom is -0.490 e. The summed E-state index contributed by atoms with van der Waals surface area (Å²) in [5, 5.41) is 25.6. The minimum atomic E-state index is -0.634. The highest BCUT2D eigenvalue weighted by molar-refractivity contribution is 5.97. The van der Waals surface area contributed by atoms with E-state index in [-0.39, 0.29) is 28.3 Å². The van der Waals surface area contributed by atoms with Gasteiger partial charge >= 0.3 is 5.69 Å². The van der Waals surface area contributed by atoms with Gasteiger partial charge in [-0.05, 0) is 25.1 Å². The molecule has 0 atom stereocenters. The molecule has 0 saturated carbocycles. The molecule has 2 aromatic carbocycles. The Bertz CT molecular complexity index is 910. The maximum atomic E-state index is 12.1. The first-order chi connectivity index (χ1) is 12.3. The molecule has 0 radical (unpaired) electrons. The summed E-state index contributed by atoms with van der Waals surface area (Å²) in [6.07, 6.45) is 1.22. The molecule has 0 aliphatic rings. The van der Waals surface area contributed by atoms with Gasteiger partial charge in [-0.3, -0.25) is 25.0 Å². The Morgan fingerprint density at radius 3 is 2.46 bits per heavy atom. The van der Waals surface area contributed by atoms with Crippen LogP contribution in [0.15, 0.2) is 41.5 Å². The van der Waals surface area contributed by atoms with Crippen LogP contribution in [0.25, 0.3) is 0 Å². The van der Waals surface area contributed by atoms with Gasteiger partial charge in [-0.2, -0.15) is 5.10 Å². The Kier molecular flexibility index (Phi) is 5.58. The fourth-order valence-electron chi connectivity index (χ4n) is 2.22. The van der Waals surface area contributed by atoms with E-state index in [1.54, 1.807) is 0 Å². The maximum Gasteiger partial charge on any atom is 0.311 e. The molecule has 0 saturated heterocycles. The Morgan fingerprint density at radius 1 is 1.15 bits per heavy atom. The number of benzene rings is 2. The molecule has 2 rings (SSSR count). The molecule has 0 heterocycles. The van der Waals surface area contributed by atoms with Gasteiger partial charge in [0, 0.05) is 23.3 Å². The fourth-order valence-corrected chi connectivity index (χ4v) is 2.22. The van der Waals surface area contributed by atoms with Crippen LogP contribution in [0.5, 0.6) is 5.75 Å². The van der Waals surface area contributed by atoms with Gasteiger partial charge < -0.3 is 4.74 Å². The number of amides is 1. The molecule has 26 heavy (non-hydrogen) atoms. The SMILES string of the molecule is COc1ccc(C=NNC(=O)c2cccc([N+](=O)[O-])c2C)cc1[N+](=O)[O-]. The first kappa shape index (κ1) is 18.5. The van der Waals surface area contributed by atoms with Crippen LogP contribution < -0.4 is 10.2 Å². The van der Waals surface area contributed by atoms with Crippen molar-refractivity contribution in [1.82, 2.24) is 5.43 Å². The van der Waals surface area contributed by atoms with Crippen molar-refractivity contribution in [3.05, 3.63) is 73.3 Å². The molecule has 10 nitrogen and oxygen atoms in total. The number of nitro benzene ring substituents is 2. The van der Waals surface area contributed by atoms with Crippen LogP contribution >= 0.6 is 0 Å². The molecule has 0 unspecified atom stereocenters. The maximum absolute atomic E-state index is 12.1. The van der Waals surface area contributed by atoms with Gasteiger partial charge in [0.15, 0.2) is 5.75 Å². The Hall–Kier alpha value is -3.82. The standard InChI is InChI=1S/C16H14N4O6/c1-10-12(4-3-5-13(10)19(22)23)16(21)18-17-9-11-6-7-15(26-2)14(8-11)20(24)25/h3-9H,1-2H3,(H,18,21). The molecule has 2 aromatic rings. The van der Waals surface area contributed by atoms with E-state index in [2.05, 4.69) is 10.5 Å². The summed E-state index contributed by atoms with van der Waals surface area (Å²) in [5.41, 5.74) is 2.52. The number of rotatable bonds is 6. The molecule has 0 spiro atoms. The van der Waals surface area contributed by atoms with E-state index < -0.39 is 15.8 Å². The number of ether oxygens (including phenoxy) is 1. The summed E-state index contributed by atoms with van der Waals surface area (Å²) >= 11 is 0. The first-order valence-corrected chi connectivity index (χ1v) is 7.25. The molecule has 0 fully saturated rings. The van der Waals surface area contributed by atoms with E-state index in [0.29, 0.717) is 5.56 Å². The van der Waals surface area contributed by atoms with Gasteiger partial charge in [0.25, 0.3) is 11.6 Å². The van der Waals surface area contributed by atoms with Crippen molar-refractivity contribution < 1.29 is 19.4 Å². The number of methoxy groups -OCH3 is 1. The summed E-state index contributed by atoms with van der Waals surface area (Å²) in [6, 6.07) is 8.31. The van der Waals surface area contributed by atoms with Crippen LogP contribution in [0.1, 0.15) is 21.5 Å². The number of hydrazone groups is 1. The Morgan fingerprint density at radius 2 is 1.85 bits per heavy atom. The number of hydrogen-bond donors (Lipinski definition) is 1. The number of nitro groups is 2. The van der Waals surface area contributed by atoms with Crippen molar-refractivity contribution in [2.24, 2.45) is 5.10 Å². The van der Waals surface area contributed by atoms with Gasteiger partial charge in [-0.15, -0.1) is 0 Å². The predicted octanol–water partition coefficient (Wildman–Crippen LogP) is 2.58. The van der Waals surface area contributed by atoms with E-state index in [1.807, 2.05) is 0 Å². The van der Waals surface area contributed by atoms with Crippen molar-refractivity contribution >= 4 is 23.5 Å². The van der Waals surface area contributed by atoms with Gasteiger partial charge in [0.2, 0.25) is 0 Å². The van der Waals surface area contributed by atoms with Crippen molar-refractivity contribution in [3.63, 3.8) is 0 Å². The largest absolute Gasteiger partial charge is 0.490 e. The predicted molar refractivity (Wildman–Crippen MR) is 92.5 cm³/mol. The van der Waals surface area contributed by atoms with Gasteiger partial charge in [0.1, 0.15) is 0 Å². The molecule has 134 valence electrons. The zero-order valence-electron chi connectivity index (χ0n) is 13.8. The van der Waals surface area contributed by atoms with Crippen molar-refractivity contribution in [1.29, 1.82) is 0 Å². The Balaban J connectivity index is 2.18. The molecule has 10 heteroatoms. The third-order valence-corrected chi connectivity index (χ3v) is 3.53. The molecular weight excluding hydrogens is 344 g/mol. The second-order valence-corrected chi connectivity index (χ2v) is 5.09. The third-order valence-electron chi connectivity index (χ3n) is 3.53. The monoisotopic (exact) mass is 358 g/mol. The average molecular weight is 358 g/mol. The molecule has 0 bridgehead atoms. The summed E-state index contributed by atoms with van der Waals surface area (Å²) in [5.74, 6) is -0.533. The smallest absolute Gasteiger partial charge is 0.311 e. The van der Waals surface area contributed by atoms with Crippen LogP contribution in [-0.4, -0.2) is 29.1 Å².